The highest BCUT2D eigenvalue weighted by Gasteiger charge is 2.11. The number of nitrogens with zero attached hydrogens (tertiary/aromatic N) is 3. The molecule has 7 heteroatoms. The van der Waals surface area contributed by atoms with Crippen LogP contribution in [0.3, 0.4) is 0 Å². The van der Waals surface area contributed by atoms with Crippen LogP contribution in [0, 0.1) is 0 Å². The van der Waals surface area contributed by atoms with Crippen molar-refractivity contribution in [2.24, 2.45) is 0 Å². The summed E-state index contributed by atoms with van der Waals surface area (Å²) in [7, 11) is 0. The van der Waals surface area contributed by atoms with Gasteiger partial charge < -0.3 is 5.11 Å². The number of carbonyl (C=O) groups excluding carboxylic acids is 1. The highest BCUT2D eigenvalue weighted by atomic mass is 32.1. The van der Waals surface area contributed by atoms with Gasteiger partial charge in [-0.1, -0.05) is 0 Å². The van der Waals surface area contributed by atoms with E-state index in [1.165, 1.54) is 17.7 Å². The largest absolute Gasteiger partial charge is 0.504 e. The van der Waals surface area contributed by atoms with Crippen LogP contribution in [0.1, 0.15) is 26.6 Å². The lowest BCUT2D eigenvalue weighted by molar-refractivity contribution is 0.104. The maximum atomic E-state index is 12.1. The summed E-state index contributed by atoms with van der Waals surface area (Å²) < 4.78 is 0. The molecule has 0 aromatic carbocycles. The summed E-state index contributed by atoms with van der Waals surface area (Å²) in [6.45, 7) is 0. The van der Waals surface area contributed by atoms with Gasteiger partial charge in [0.25, 0.3) is 0 Å². The number of ketones is 1. The Labute approximate surface area is 130 Å². The van der Waals surface area contributed by atoms with E-state index < -0.39 is 0 Å². The Bertz CT molecular complexity index is 794. The Balaban J connectivity index is 1.73. The number of carbonyl (C=O) groups is 1. The monoisotopic (exact) mass is 312 g/mol. The van der Waals surface area contributed by atoms with Crippen molar-refractivity contribution in [3.8, 4) is 0 Å². The van der Waals surface area contributed by atoms with E-state index in [2.05, 4.69) is 20.2 Å². The van der Waals surface area contributed by atoms with E-state index in [9.17, 15) is 9.90 Å². The molecular formula is C15H12N4O2S. The lowest BCUT2D eigenvalue weighted by Crippen LogP contribution is -1.95. The highest BCUT2D eigenvalue weighted by molar-refractivity contribution is 7.12. The van der Waals surface area contributed by atoms with Crippen LogP contribution in [-0.4, -0.2) is 31.1 Å². The van der Waals surface area contributed by atoms with E-state index >= 15 is 0 Å². The van der Waals surface area contributed by atoms with Crippen molar-refractivity contribution in [1.29, 1.82) is 0 Å². The summed E-state index contributed by atoms with van der Waals surface area (Å²) >= 11 is 1.35. The third-order valence-corrected chi connectivity index (χ3v) is 3.97. The van der Waals surface area contributed by atoms with E-state index in [4.69, 9.17) is 0 Å². The van der Waals surface area contributed by atoms with Crippen LogP contribution in [-0.2, 0) is 6.42 Å². The summed E-state index contributed by atoms with van der Waals surface area (Å²) in [4.78, 5) is 20.4. The molecule has 0 aliphatic heterocycles. The minimum absolute atomic E-state index is 0.168. The quantitative estimate of drug-likeness (QED) is 0.429. The fraction of sp³-hybridized carbons (Fsp3) is 0.0667. The summed E-state index contributed by atoms with van der Waals surface area (Å²) in [5, 5.41) is 17.8. The zero-order valence-corrected chi connectivity index (χ0v) is 12.2. The maximum Gasteiger partial charge on any atom is 0.199 e. The molecule has 110 valence electrons. The first-order valence-electron chi connectivity index (χ1n) is 6.49. The van der Waals surface area contributed by atoms with Crippen LogP contribution in [0.2, 0.25) is 0 Å². The van der Waals surface area contributed by atoms with E-state index in [1.54, 1.807) is 12.4 Å². The molecule has 0 radical (unpaired) electrons. The van der Waals surface area contributed by atoms with Crippen molar-refractivity contribution in [2.45, 2.75) is 6.42 Å². The summed E-state index contributed by atoms with van der Waals surface area (Å²) in [5.74, 6) is -0.326. The van der Waals surface area contributed by atoms with Gasteiger partial charge >= 0.3 is 0 Å². The summed E-state index contributed by atoms with van der Waals surface area (Å²) in [6.07, 6.45) is 6.63. The maximum absolute atomic E-state index is 12.1. The molecule has 0 saturated carbocycles. The number of aliphatic hydroxyl groups excluding tert-OH is 1. The van der Waals surface area contributed by atoms with Crippen LogP contribution in [0.5, 0.6) is 0 Å². The van der Waals surface area contributed by atoms with Crippen LogP contribution in [0.4, 0.5) is 0 Å². The zero-order chi connectivity index (χ0) is 15.4. The molecule has 0 atom stereocenters. The van der Waals surface area contributed by atoms with Gasteiger partial charge in [0.05, 0.1) is 4.88 Å². The Morgan fingerprint density at radius 1 is 1.32 bits per heavy atom. The van der Waals surface area contributed by atoms with Crippen molar-refractivity contribution in [3.63, 3.8) is 0 Å². The fourth-order valence-electron chi connectivity index (χ4n) is 1.93. The van der Waals surface area contributed by atoms with E-state index in [1.807, 2.05) is 23.6 Å². The number of aliphatic hydroxyl groups is 1. The predicted octanol–water partition coefficient (Wildman–Crippen LogP) is 2.63. The molecule has 0 amide bonds. The second-order valence-corrected chi connectivity index (χ2v) is 5.49. The number of thiophene rings is 1. The van der Waals surface area contributed by atoms with Gasteiger partial charge in [0, 0.05) is 18.5 Å². The van der Waals surface area contributed by atoms with Crippen LogP contribution in [0.15, 0.2) is 48.4 Å². The van der Waals surface area contributed by atoms with Crippen LogP contribution < -0.4 is 0 Å². The first kappa shape index (κ1) is 14.2. The molecule has 3 heterocycles. The van der Waals surface area contributed by atoms with Crippen molar-refractivity contribution in [1.82, 2.24) is 20.2 Å². The van der Waals surface area contributed by atoms with Crippen molar-refractivity contribution in [3.05, 3.63) is 70.2 Å². The number of allylic oxidation sites excluding steroid dienone is 1. The van der Waals surface area contributed by atoms with E-state index in [0.717, 1.165) is 23.6 Å². The number of aromatic nitrogens is 4. The molecule has 0 saturated heterocycles. The van der Waals surface area contributed by atoms with Gasteiger partial charge in [0.2, 0.25) is 0 Å². The molecule has 0 aliphatic carbocycles. The Morgan fingerprint density at radius 3 is 2.86 bits per heavy atom. The molecule has 0 fully saturated rings. The second kappa shape index (κ2) is 6.31. The molecule has 3 aromatic rings. The molecule has 0 spiro atoms. The van der Waals surface area contributed by atoms with Crippen molar-refractivity contribution >= 4 is 22.9 Å². The number of hydrogen-bond donors (Lipinski definition) is 2. The smallest absolute Gasteiger partial charge is 0.199 e. The minimum atomic E-state index is -0.264. The Morgan fingerprint density at radius 2 is 2.14 bits per heavy atom. The Kier molecular flexibility index (Phi) is 4.06. The van der Waals surface area contributed by atoms with Crippen molar-refractivity contribution < 1.29 is 9.90 Å². The molecule has 2 N–H and O–H groups in total. The first-order valence-corrected chi connectivity index (χ1v) is 7.37. The molecule has 3 rings (SSSR count). The number of aromatic amines is 1. The summed E-state index contributed by atoms with van der Waals surface area (Å²) in [5.41, 5.74) is 2.18. The number of hydrogen-bond acceptors (Lipinski definition) is 6. The van der Waals surface area contributed by atoms with Crippen molar-refractivity contribution in [2.75, 3.05) is 0 Å². The van der Waals surface area contributed by atoms with Gasteiger partial charge in [-0.3, -0.25) is 14.9 Å². The minimum Gasteiger partial charge on any atom is -0.504 e. The van der Waals surface area contributed by atoms with E-state index in [0.29, 0.717) is 4.88 Å². The third kappa shape index (κ3) is 3.26. The van der Waals surface area contributed by atoms with Gasteiger partial charge in [0.15, 0.2) is 17.4 Å². The first-order chi connectivity index (χ1) is 10.7. The number of nitrogens with one attached hydrogen (secondary N) is 1. The highest BCUT2D eigenvalue weighted by Crippen LogP contribution is 2.19. The molecule has 22 heavy (non-hydrogen) atoms. The second-order valence-electron chi connectivity index (χ2n) is 4.58. The van der Waals surface area contributed by atoms with Gasteiger partial charge in [-0.25, -0.2) is 4.98 Å². The number of pyridine rings is 1. The van der Waals surface area contributed by atoms with E-state index in [-0.39, 0.29) is 17.4 Å². The lowest BCUT2D eigenvalue weighted by Gasteiger charge is -1.97. The van der Waals surface area contributed by atoms with Gasteiger partial charge in [0.1, 0.15) is 6.33 Å². The topological polar surface area (TPSA) is 91.8 Å². The number of rotatable bonds is 5. The van der Waals surface area contributed by atoms with Gasteiger partial charge in [-0.05, 0) is 41.1 Å². The normalized spacial score (nSPS) is 11.5. The molecule has 0 unspecified atom stereocenters. The average molecular weight is 312 g/mol. The molecule has 0 aliphatic rings. The van der Waals surface area contributed by atoms with Crippen LogP contribution >= 0.6 is 11.3 Å². The third-order valence-electron chi connectivity index (χ3n) is 2.98. The zero-order valence-electron chi connectivity index (χ0n) is 11.4. The molecule has 6 nitrogen and oxygen atoms in total. The average Bonchev–Trinajstić information content (AvgIpc) is 3.19. The summed E-state index contributed by atoms with van der Waals surface area (Å²) in [6, 6.07) is 5.71. The van der Waals surface area contributed by atoms with Crippen LogP contribution in [0.25, 0.3) is 5.76 Å². The molecule has 0 bridgehead atoms. The lowest BCUT2D eigenvalue weighted by atomic mass is 10.1. The SMILES string of the molecule is O=C(C=C(O)c1ncn[nH]1)c1cc(Cc2ccncc2)cs1. The van der Waals surface area contributed by atoms with Gasteiger partial charge in [-0.2, -0.15) is 5.10 Å². The molecular weight excluding hydrogens is 300 g/mol. The predicted molar refractivity (Wildman–Crippen MR) is 82.7 cm³/mol. The fourth-order valence-corrected chi connectivity index (χ4v) is 2.75. The Hall–Kier alpha value is -2.80. The molecule has 3 aromatic heterocycles. The number of H-pyrrole nitrogens is 1. The standard InChI is InChI=1S/C15H12N4O2S/c20-12(7-13(21)15-17-9-18-19-15)14-6-11(8-22-14)5-10-1-3-16-4-2-10/h1-4,6-9,21H,5H2,(H,17,18,19). The van der Waals surface area contributed by atoms with Gasteiger partial charge in [-0.15, -0.1) is 11.3 Å².